The molecule has 2 rings (SSSR count). The van der Waals surface area contributed by atoms with Gasteiger partial charge in [-0.05, 0) is 50.2 Å². The van der Waals surface area contributed by atoms with Gasteiger partial charge in [-0.2, -0.15) is 0 Å². The Morgan fingerprint density at radius 1 is 1.29 bits per heavy atom. The van der Waals surface area contributed by atoms with Crippen LogP contribution >= 0.6 is 0 Å². The Labute approximate surface area is 126 Å². The van der Waals surface area contributed by atoms with Crippen LogP contribution in [0, 0.1) is 11.8 Å². The highest BCUT2D eigenvalue weighted by Gasteiger charge is 2.28. The predicted molar refractivity (Wildman–Crippen MR) is 81.2 cm³/mol. The second-order valence-corrected chi connectivity index (χ2v) is 5.88. The zero-order valence-corrected chi connectivity index (χ0v) is 13.0. The Balaban J connectivity index is 2.23. The van der Waals surface area contributed by atoms with Crippen LogP contribution < -0.4 is 9.47 Å². The molecule has 1 aliphatic carbocycles. The summed E-state index contributed by atoms with van der Waals surface area (Å²) in [5.41, 5.74) is 0.173. The standard InChI is InChI=1S/C17H24O4/c1-4-20-15-7-5-6-14(17(18)19)16(15)21-13-9-8-11(2)12(3)10-13/h5-7,11-13H,4,8-10H2,1-3H3,(H,18,19). The summed E-state index contributed by atoms with van der Waals surface area (Å²) in [7, 11) is 0. The molecule has 0 saturated heterocycles. The fraction of sp³-hybridized carbons (Fsp3) is 0.588. The monoisotopic (exact) mass is 292 g/mol. The van der Waals surface area contributed by atoms with Gasteiger partial charge in [0.05, 0.1) is 12.7 Å². The molecule has 0 aliphatic heterocycles. The summed E-state index contributed by atoms with van der Waals surface area (Å²) in [6, 6.07) is 5.02. The molecular formula is C17H24O4. The van der Waals surface area contributed by atoms with Crippen molar-refractivity contribution in [3.05, 3.63) is 23.8 Å². The molecule has 0 amide bonds. The maximum atomic E-state index is 11.4. The summed E-state index contributed by atoms with van der Waals surface area (Å²) >= 11 is 0. The topological polar surface area (TPSA) is 55.8 Å². The molecule has 0 heterocycles. The van der Waals surface area contributed by atoms with Gasteiger partial charge in [0.2, 0.25) is 0 Å². The van der Waals surface area contributed by atoms with Crippen molar-refractivity contribution < 1.29 is 19.4 Å². The van der Waals surface area contributed by atoms with Gasteiger partial charge < -0.3 is 14.6 Å². The first-order valence-electron chi connectivity index (χ1n) is 7.68. The highest BCUT2D eigenvalue weighted by molar-refractivity contribution is 5.92. The van der Waals surface area contributed by atoms with Gasteiger partial charge in [0.25, 0.3) is 0 Å². The van der Waals surface area contributed by atoms with Gasteiger partial charge in [0.15, 0.2) is 11.5 Å². The zero-order valence-electron chi connectivity index (χ0n) is 13.0. The molecule has 1 N–H and O–H groups in total. The summed E-state index contributed by atoms with van der Waals surface area (Å²) in [4.78, 5) is 11.4. The van der Waals surface area contributed by atoms with Crippen LogP contribution in [0.3, 0.4) is 0 Å². The first kappa shape index (κ1) is 15.7. The van der Waals surface area contributed by atoms with Gasteiger partial charge in [-0.25, -0.2) is 4.79 Å². The van der Waals surface area contributed by atoms with Gasteiger partial charge in [-0.1, -0.05) is 19.9 Å². The summed E-state index contributed by atoms with van der Waals surface area (Å²) in [6.07, 6.45) is 3.10. The fourth-order valence-electron chi connectivity index (χ4n) is 2.85. The van der Waals surface area contributed by atoms with E-state index in [9.17, 15) is 9.90 Å². The van der Waals surface area contributed by atoms with E-state index in [0.29, 0.717) is 29.9 Å². The van der Waals surface area contributed by atoms with E-state index in [0.717, 1.165) is 19.3 Å². The Morgan fingerprint density at radius 3 is 2.67 bits per heavy atom. The third-order valence-electron chi connectivity index (χ3n) is 4.34. The van der Waals surface area contributed by atoms with Gasteiger partial charge in [-0.15, -0.1) is 0 Å². The van der Waals surface area contributed by atoms with E-state index >= 15 is 0 Å². The smallest absolute Gasteiger partial charge is 0.339 e. The normalized spacial score (nSPS) is 25.4. The summed E-state index contributed by atoms with van der Waals surface area (Å²) in [5, 5.41) is 9.35. The largest absolute Gasteiger partial charge is 0.490 e. The number of benzene rings is 1. The maximum absolute atomic E-state index is 11.4. The number of aromatic carboxylic acids is 1. The molecular weight excluding hydrogens is 268 g/mol. The van der Waals surface area contributed by atoms with Crippen molar-refractivity contribution in [1.82, 2.24) is 0 Å². The van der Waals surface area contributed by atoms with Gasteiger partial charge in [0, 0.05) is 0 Å². The van der Waals surface area contributed by atoms with Gasteiger partial charge >= 0.3 is 5.97 Å². The van der Waals surface area contributed by atoms with Crippen molar-refractivity contribution in [2.24, 2.45) is 11.8 Å². The van der Waals surface area contributed by atoms with Crippen LogP contribution in [0.1, 0.15) is 50.4 Å². The highest BCUT2D eigenvalue weighted by atomic mass is 16.5. The number of hydrogen-bond acceptors (Lipinski definition) is 3. The molecule has 0 radical (unpaired) electrons. The Kier molecular flexibility index (Phi) is 5.10. The van der Waals surface area contributed by atoms with Crippen molar-refractivity contribution >= 4 is 5.97 Å². The zero-order chi connectivity index (χ0) is 15.4. The minimum absolute atomic E-state index is 0.0657. The highest BCUT2D eigenvalue weighted by Crippen LogP contribution is 2.37. The van der Waals surface area contributed by atoms with Crippen LogP contribution in [-0.4, -0.2) is 23.8 Å². The number of carboxylic acids is 1. The molecule has 4 nitrogen and oxygen atoms in total. The lowest BCUT2D eigenvalue weighted by molar-refractivity contribution is 0.0671. The van der Waals surface area contributed by atoms with Crippen LogP contribution in [0.25, 0.3) is 0 Å². The second-order valence-electron chi connectivity index (χ2n) is 5.88. The van der Waals surface area contributed by atoms with E-state index in [-0.39, 0.29) is 11.7 Å². The van der Waals surface area contributed by atoms with E-state index < -0.39 is 5.97 Å². The molecule has 1 fully saturated rings. The molecule has 3 unspecified atom stereocenters. The number of hydrogen-bond donors (Lipinski definition) is 1. The Hall–Kier alpha value is -1.71. The minimum Gasteiger partial charge on any atom is -0.490 e. The maximum Gasteiger partial charge on any atom is 0.339 e. The van der Waals surface area contributed by atoms with E-state index in [1.807, 2.05) is 6.92 Å². The van der Waals surface area contributed by atoms with Crippen molar-refractivity contribution in [2.75, 3.05) is 6.61 Å². The molecule has 116 valence electrons. The fourth-order valence-corrected chi connectivity index (χ4v) is 2.85. The number of ether oxygens (including phenoxy) is 2. The molecule has 1 aromatic rings. The molecule has 0 spiro atoms. The van der Waals surface area contributed by atoms with Gasteiger partial charge in [-0.3, -0.25) is 0 Å². The summed E-state index contributed by atoms with van der Waals surface area (Å²) < 4.78 is 11.6. The van der Waals surface area contributed by atoms with E-state index in [1.165, 1.54) is 0 Å². The third kappa shape index (κ3) is 3.69. The molecule has 1 saturated carbocycles. The molecule has 4 heteroatoms. The predicted octanol–water partition coefficient (Wildman–Crippen LogP) is 3.99. The third-order valence-corrected chi connectivity index (χ3v) is 4.34. The SMILES string of the molecule is CCOc1cccc(C(=O)O)c1OC1CCC(C)C(C)C1. The number of carboxylic acid groups (broad SMARTS) is 1. The minimum atomic E-state index is -0.983. The van der Waals surface area contributed by atoms with Crippen molar-refractivity contribution in [3.63, 3.8) is 0 Å². The first-order valence-corrected chi connectivity index (χ1v) is 7.68. The van der Waals surface area contributed by atoms with Crippen LogP contribution in [0.2, 0.25) is 0 Å². The second kappa shape index (κ2) is 6.83. The van der Waals surface area contributed by atoms with E-state index in [1.54, 1.807) is 18.2 Å². The summed E-state index contributed by atoms with van der Waals surface area (Å²) in [6.45, 7) is 6.85. The molecule has 0 bridgehead atoms. The van der Waals surface area contributed by atoms with Crippen molar-refractivity contribution in [1.29, 1.82) is 0 Å². The molecule has 1 aliphatic rings. The number of para-hydroxylation sites is 1. The molecule has 21 heavy (non-hydrogen) atoms. The average Bonchev–Trinajstić information content (AvgIpc) is 2.44. The lowest BCUT2D eigenvalue weighted by Crippen LogP contribution is -2.29. The van der Waals surface area contributed by atoms with Gasteiger partial charge in [0.1, 0.15) is 5.56 Å². The van der Waals surface area contributed by atoms with Crippen molar-refractivity contribution in [2.45, 2.75) is 46.1 Å². The first-order chi connectivity index (χ1) is 10.0. The average molecular weight is 292 g/mol. The quantitative estimate of drug-likeness (QED) is 0.891. The van der Waals surface area contributed by atoms with Crippen LogP contribution in [-0.2, 0) is 0 Å². The summed E-state index contributed by atoms with van der Waals surface area (Å²) in [5.74, 6) is 1.20. The van der Waals surface area contributed by atoms with Crippen molar-refractivity contribution in [3.8, 4) is 11.5 Å². The number of rotatable bonds is 5. The van der Waals surface area contributed by atoms with E-state index in [4.69, 9.17) is 9.47 Å². The molecule has 3 atom stereocenters. The molecule has 0 aromatic heterocycles. The van der Waals surface area contributed by atoms with Crippen LogP contribution in [0.5, 0.6) is 11.5 Å². The Morgan fingerprint density at radius 2 is 2.05 bits per heavy atom. The lowest BCUT2D eigenvalue weighted by Gasteiger charge is -2.32. The number of carbonyl (C=O) groups is 1. The lowest BCUT2D eigenvalue weighted by atomic mass is 9.80. The van der Waals surface area contributed by atoms with E-state index in [2.05, 4.69) is 13.8 Å². The Bertz CT molecular complexity index is 498. The van der Waals surface area contributed by atoms with Crippen LogP contribution in [0.4, 0.5) is 0 Å². The van der Waals surface area contributed by atoms with Crippen LogP contribution in [0.15, 0.2) is 18.2 Å². The molecule has 1 aromatic carbocycles.